The monoisotopic (exact) mass is 317 g/mol. The Labute approximate surface area is 138 Å². The molecule has 1 aliphatic heterocycles. The number of aliphatic hydroxyl groups is 1. The van der Waals surface area contributed by atoms with Crippen molar-refractivity contribution in [3.05, 3.63) is 35.9 Å². The van der Waals surface area contributed by atoms with Crippen molar-refractivity contribution in [3.63, 3.8) is 0 Å². The average Bonchev–Trinajstić information content (AvgIpc) is 2.57. The summed E-state index contributed by atoms with van der Waals surface area (Å²) >= 11 is 0. The van der Waals surface area contributed by atoms with Gasteiger partial charge in [0.25, 0.3) is 0 Å². The summed E-state index contributed by atoms with van der Waals surface area (Å²) in [6, 6.07) is 10.2. The minimum Gasteiger partial charge on any atom is -0.391 e. The van der Waals surface area contributed by atoms with E-state index in [0.717, 1.165) is 38.5 Å². The van der Waals surface area contributed by atoms with Gasteiger partial charge in [-0.15, -0.1) is 0 Å². The molecule has 3 rings (SSSR count). The molecule has 2 N–H and O–H groups in total. The van der Waals surface area contributed by atoms with Gasteiger partial charge in [-0.1, -0.05) is 36.8 Å². The first-order valence-electron chi connectivity index (χ1n) is 8.78. The SMILES string of the molecule is O=C(NCC(O)C1CCOCC1)C1(Cc2ccccc2)CCC1. The molecule has 1 aromatic rings. The van der Waals surface area contributed by atoms with E-state index in [1.807, 2.05) is 18.2 Å². The van der Waals surface area contributed by atoms with Crippen LogP contribution >= 0.6 is 0 Å². The molecule has 2 aliphatic rings. The molecule has 0 spiro atoms. The lowest BCUT2D eigenvalue weighted by Gasteiger charge is -2.41. The van der Waals surface area contributed by atoms with Crippen LogP contribution in [0.3, 0.4) is 0 Å². The molecule has 2 fully saturated rings. The smallest absolute Gasteiger partial charge is 0.226 e. The Morgan fingerprint density at radius 2 is 1.96 bits per heavy atom. The molecule has 1 atom stereocenters. The quantitative estimate of drug-likeness (QED) is 0.846. The number of hydrogen-bond donors (Lipinski definition) is 2. The molecule has 0 radical (unpaired) electrons. The Hall–Kier alpha value is -1.39. The summed E-state index contributed by atoms with van der Waals surface area (Å²) < 4.78 is 5.32. The van der Waals surface area contributed by atoms with Crippen molar-refractivity contribution in [1.82, 2.24) is 5.32 Å². The van der Waals surface area contributed by atoms with Gasteiger partial charge in [0.05, 0.1) is 11.5 Å². The summed E-state index contributed by atoms with van der Waals surface area (Å²) in [5.74, 6) is 0.356. The molecule has 23 heavy (non-hydrogen) atoms. The van der Waals surface area contributed by atoms with E-state index in [4.69, 9.17) is 4.74 Å². The van der Waals surface area contributed by atoms with Gasteiger partial charge in [0.15, 0.2) is 0 Å². The molecule has 1 aromatic carbocycles. The topological polar surface area (TPSA) is 58.6 Å². The summed E-state index contributed by atoms with van der Waals surface area (Å²) in [6.45, 7) is 1.79. The fraction of sp³-hybridized carbons (Fsp3) is 0.632. The number of amides is 1. The fourth-order valence-electron chi connectivity index (χ4n) is 3.73. The van der Waals surface area contributed by atoms with Gasteiger partial charge >= 0.3 is 0 Å². The predicted octanol–water partition coefficient (Wildman–Crippen LogP) is 2.30. The van der Waals surface area contributed by atoms with E-state index in [1.165, 1.54) is 5.56 Å². The Morgan fingerprint density at radius 1 is 1.26 bits per heavy atom. The van der Waals surface area contributed by atoms with Gasteiger partial charge in [-0.3, -0.25) is 4.79 Å². The van der Waals surface area contributed by atoms with E-state index in [0.29, 0.717) is 19.8 Å². The molecule has 0 aromatic heterocycles. The van der Waals surface area contributed by atoms with E-state index < -0.39 is 6.10 Å². The number of benzene rings is 1. The summed E-state index contributed by atoms with van der Waals surface area (Å²) in [5, 5.41) is 13.3. The Morgan fingerprint density at radius 3 is 2.57 bits per heavy atom. The molecule has 1 saturated heterocycles. The van der Waals surface area contributed by atoms with Crippen molar-refractivity contribution < 1.29 is 14.6 Å². The highest BCUT2D eigenvalue weighted by atomic mass is 16.5. The van der Waals surface area contributed by atoms with Crippen molar-refractivity contribution >= 4 is 5.91 Å². The van der Waals surface area contributed by atoms with Gasteiger partial charge in [-0.05, 0) is 43.6 Å². The highest BCUT2D eigenvalue weighted by Gasteiger charge is 2.44. The molecule has 4 nitrogen and oxygen atoms in total. The van der Waals surface area contributed by atoms with Crippen LogP contribution in [0, 0.1) is 11.3 Å². The maximum absolute atomic E-state index is 12.7. The van der Waals surface area contributed by atoms with Gasteiger partial charge in [-0.25, -0.2) is 0 Å². The van der Waals surface area contributed by atoms with Gasteiger partial charge in [-0.2, -0.15) is 0 Å². The number of carbonyl (C=O) groups excluding carboxylic acids is 1. The van der Waals surface area contributed by atoms with Crippen LogP contribution in [0.5, 0.6) is 0 Å². The first-order chi connectivity index (χ1) is 11.2. The van der Waals surface area contributed by atoms with Crippen LogP contribution < -0.4 is 5.32 Å². The van der Waals surface area contributed by atoms with Crippen molar-refractivity contribution in [2.45, 2.75) is 44.6 Å². The first-order valence-corrected chi connectivity index (χ1v) is 8.78. The van der Waals surface area contributed by atoms with Crippen LogP contribution in [0.25, 0.3) is 0 Å². The molecular weight excluding hydrogens is 290 g/mol. The van der Waals surface area contributed by atoms with E-state index >= 15 is 0 Å². The zero-order valence-corrected chi connectivity index (χ0v) is 13.7. The number of aliphatic hydroxyl groups excluding tert-OH is 1. The summed E-state index contributed by atoms with van der Waals surface area (Å²) in [4.78, 5) is 12.7. The van der Waals surface area contributed by atoms with Crippen LogP contribution in [0.4, 0.5) is 0 Å². The zero-order valence-electron chi connectivity index (χ0n) is 13.7. The van der Waals surface area contributed by atoms with E-state index in [1.54, 1.807) is 0 Å². The van der Waals surface area contributed by atoms with Crippen LogP contribution in [0.2, 0.25) is 0 Å². The molecule has 1 amide bonds. The van der Waals surface area contributed by atoms with Crippen LogP contribution in [0.1, 0.15) is 37.7 Å². The fourth-order valence-corrected chi connectivity index (χ4v) is 3.73. The maximum Gasteiger partial charge on any atom is 0.226 e. The lowest BCUT2D eigenvalue weighted by molar-refractivity contribution is -0.136. The average molecular weight is 317 g/mol. The Kier molecular flexibility index (Phi) is 5.34. The molecule has 1 aliphatic carbocycles. The maximum atomic E-state index is 12.7. The second kappa shape index (κ2) is 7.45. The number of hydrogen-bond acceptors (Lipinski definition) is 3. The third kappa shape index (κ3) is 3.93. The largest absolute Gasteiger partial charge is 0.391 e. The molecule has 1 heterocycles. The minimum atomic E-state index is -0.461. The third-order valence-corrected chi connectivity index (χ3v) is 5.46. The van der Waals surface area contributed by atoms with Gasteiger partial charge in [0, 0.05) is 19.8 Å². The van der Waals surface area contributed by atoms with Gasteiger partial charge in [0.2, 0.25) is 5.91 Å². The summed E-state index contributed by atoms with van der Waals surface area (Å²) in [5.41, 5.74) is 0.948. The van der Waals surface area contributed by atoms with E-state index in [-0.39, 0.29) is 17.2 Å². The lowest BCUT2D eigenvalue weighted by atomic mass is 9.64. The Bertz CT molecular complexity index is 507. The second-order valence-corrected chi connectivity index (χ2v) is 7.02. The molecule has 1 saturated carbocycles. The second-order valence-electron chi connectivity index (χ2n) is 7.02. The minimum absolute atomic E-state index is 0.110. The van der Waals surface area contributed by atoms with Gasteiger partial charge < -0.3 is 15.2 Å². The molecule has 0 bridgehead atoms. The van der Waals surface area contributed by atoms with Crippen molar-refractivity contribution in [3.8, 4) is 0 Å². The molecule has 4 heteroatoms. The van der Waals surface area contributed by atoms with Crippen molar-refractivity contribution in [1.29, 1.82) is 0 Å². The zero-order chi connectivity index (χ0) is 16.1. The normalized spacial score (nSPS) is 22.1. The number of nitrogens with one attached hydrogen (secondary N) is 1. The number of rotatable bonds is 6. The lowest BCUT2D eigenvalue weighted by Crippen LogP contribution is -2.49. The van der Waals surface area contributed by atoms with Crippen LogP contribution in [0.15, 0.2) is 30.3 Å². The van der Waals surface area contributed by atoms with Crippen LogP contribution in [-0.4, -0.2) is 36.9 Å². The van der Waals surface area contributed by atoms with Gasteiger partial charge in [0.1, 0.15) is 0 Å². The molecular formula is C19H27NO3. The molecule has 126 valence electrons. The van der Waals surface area contributed by atoms with Crippen LogP contribution in [-0.2, 0) is 16.0 Å². The van der Waals surface area contributed by atoms with E-state index in [2.05, 4.69) is 17.4 Å². The predicted molar refractivity (Wildman–Crippen MR) is 89.0 cm³/mol. The van der Waals surface area contributed by atoms with Crippen molar-refractivity contribution in [2.24, 2.45) is 11.3 Å². The Balaban J connectivity index is 1.53. The van der Waals surface area contributed by atoms with Crippen molar-refractivity contribution in [2.75, 3.05) is 19.8 Å². The highest BCUT2D eigenvalue weighted by Crippen LogP contribution is 2.44. The molecule has 1 unspecified atom stereocenters. The number of carbonyl (C=O) groups is 1. The summed E-state index contributed by atoms with van der Waals surface area (Å²) in [7, 11) is 0. The third-order valence-electron chi connectivity index (χ3n) is 5.46. The number of ether oxygens (including phenoxy) is 1. The first kappa shape index (κ1) is 16.5. The highest BCUT2D eigenvalue weighted by molar-refractivity contribution is 5.83. The standard InChI is InChI=1S/C19H27NO3/c21-17(16-7-11-23-12-8-16)14-20-18(22)19(9-4-10-19)13-15-5-2-1-3-6-15/h1-3,5-6,16-17,21H,4,7-14H2,(H,20,22). The van der Waals surface area contributed by atoms with E-state index in [9.17, 15) is 9.90 Å². The summed E-state index contributed by atoms with van der Waals surface area (Å²) in [6.07, 6.45) is 5.10.